The molecular formula is C39H55NOS. The van der Waals surface area contributed by atoms with Crippen LogP contribution in [-0.2, 0) is 11.2 Å². The van der Waals surface area contributed by atoms with Gasteiger partial charge in [0.15, 0.2) is 5.78 Å². The second-order valence-corrected chi connectivity index (χ2v) is 13.8. The molecule has 1 unspecified atom stereocenters. The van der Waals surface area contributed by atoms with Gasteiger partial charge in [0.1, 0.15) is 0 Å². The van der Waals surface area contributed by atoms with E-state index in [1.165, 1.54) is 71.4 Å². The molecule has 2 aliphatic carbocycles. The SMILES string of the molecule is C=C1/C(=C\C=C(/C)Cc2ccc(C3CCCCC3)cc2)C=C(c2cc(C3CCN(C)CC3)sc2C)C(=O)C1CC.CC.[HH]. The Bertz CT molecular complexity index is 1310. The van der Waals surface area contributed by atoms with Crippen molar-refractivity contribution in [1.82, 2.24) is 4.90 Å². The van der Waals surface area contributed by atoms with E-state index < -0.39 is 0 Å². The second kappa shape index (κ2) is 15.3. The van der Waals surface area contributed by atoms with Crippen molar-refractivity contribution in [2.75, 3.05) is 20.1 Å². The van der Waals surface area contributed by atoms with Gasteiger partial charge in [0.05, 0.1) is 0 Å². The minimum absolute atomic E-state index is 0. The number of nitrogens with zero attached hydrogens (tertiary/aromatic N) is 1. The fraction of sp³-hybridized carbons (Fsp3) is 0.513. The van der Waals surface area contributed by atoms with Gasteiger partial charge in [0.2, 0.25) is 0 Å². The van der Waals surface area contributed by atoms with Crippen LogP contribution in [0.5, 0.6) is 0 Å². The van der Waals surface area contributed by atoms with E-state index in [0.717, 1.165) is 54.1 Å². The van der Waals surface area contributed by atoms with Gasteiger partial charge in [-0.1, -0.05) is 88.6 Å². The molecule has 0 spiro atoms. The van der Waals surface area contributed by atoms with Crippen molar-refractivity contribution in [2.24, 2.45) is 5.92 Å². The third kappa shape index (κ3) is 7.71. The summed E-state index contributed by atoms with van der Waals surface area (Å²) in [4.78, 5) is 18.8. The quantitative estimate of drug-likeness (QED) is 0.322. The van der Waals surface area contributed by atoms with E-state index in [4.69, 9.17) is 0 Å². The lowest BCUT2D eigenvalue weighted by Crippen LogP contribution is -2.28. The van der Waals surface area contributed by atoms with Crippen LogP contribution in [0.4, 0.5) is 0 Å². The van der Waals surface area contributed by atoms with Crippen molar-refractivity contribution >= 4 is 22.7 Å². The highest BCUT2D eigenvalue weighted by Gasteiger charge is 2.32. The highest BCUT2D eigenvalue weighted by Crippen LogP contribution is 2.42. The number of allylic oxidation sites excluding steroid dienone is 7. The molecule has 3 heteroatoms. The molecule has 1 aliphatic heterocycles. The first kappa shape index (κ1) is 32.4. The number of thiophene rings is 1. The van der Waals surface area contributed by atoms with E-state index in [0.29, 0.717) is 5.92 Å². The molecule has 1 aromatic carbocycles. The summed E-state index contributed by atoms with van der Waals surface area (Å²) < 4.78 is 0. The minimum Gasteiger partial charge on any atom is -0.306 e. The molecule has 2 fully saturated rings. The van der Waals surface area contributed by atoms with E-state index in [9.17, 15) is 4.79 Å². The number of rotatable bonds is 7. The van der Waals surface area contributed by atoms with Gasteiger partial charge in [-0.3, -0.25) is 4.79 Å². The first-order valence-electron chi connectivity index (χ1n) is 16.5. The highest BCUT2D eigenvalue weighted by molar-refractivity contribution is 7.12. The largest absolute Gasteiger partial charge is 0.306 e. The fourth-order valence-corrected chi connectivity index (χ4v) is 8.10. The van der Waals surface area contributed by atoms with Crippen LogP contribution in [0.2, 0.25) is 0 Å². The number of carbonyl (C=O) groups is 1. The van der Waals surface area contributed by atoms with Gasteiger partial charge in [0.25, 0.3) is 0 Å². The molecule has 3 aliphatic rings. The van der Waals surface area contributed by atoms with Crippen LogP contribution in [0.3, 0.4) is 0 Å². The van der Waals surface area contributed by atoms with Crippen molar-refractivity contribution in [1.29, 1.82) is 0 Å². The molecule has 1 saturated heterocycles. The van der Waals surface area contributed by atoms with Crippen LogP contribution in [0.1, 0.15) is 119 Å². The number of ketones is 1. The maximum Gasteiger partial charge on any atom is 0.170 e. The van der Waals surface area contributed by atoms with Crippen LogP contribution in [0.25, 0.3) is 5.57 Å². The van der Waals surface area contributed by atoms with E-state index in [-0.39, 0.29) is 13.1 Å². The first-order chi connectivity index (χ1) is 20.3. The number of piperidine rings is 1. The van der Waals surface area contributed by atoms with Gasteiger partial charge >= 0.3 is 0 Å². The smallest absolute Gasteiger partial charge is 0.170 e. The molecule has 0 N–H and O–H groups in total. The summed E-state index contributed by atoms with van der Waals surface area (Å²) in [6.45, 7) is 17.2. The van der Waals surface area contributed by atoms with Crippen molar-refractivity contribution in [3.63, 3.8) is 0 Å². The summed E-state index contributed by atoms with van der Waals surface area (Å²) in [5, 5.41) is 0. The average Bonchev–Trinajstić information content (AvgIpc) is 3.40. The Hall–Kier alpha value is -2.49. The van der Waals surface area contributed by atoms with Crippen molar-refractivity contribution in [3.05, 3.63) is 98.3 Å². The molecule has 42 heavy (non-hydrogen) atoms. The van der Waals surface area contributed by atoms with Gasteiger partial charge < -0.3 is 4.90 Å². The Kier molecular flexibility index (Phi) is 11.8. The Labute approximate surface area is 261 Å². The predicted molar refractivity (Wildman–Crippen MR) is 186 cm³/mol. The van der Waals surface area contributed by atoms with Crippen molar-refractivity contribution < 1.29 is 6.22 Å². The zero-order valence-corrected chi connectivity index (χ0v) is 27.9. The average molecular weight is 586 g/mol. The molecule has 0 amide bonds. The fourth-order valence-electron chi connectivity index (χ4n) is 6.89. The topological polar surface area (TPSA) is 20.3 Å². The summed E-state index contributed by atoms with van der Waals surface area (Å²) in [6, 6.07) is 11.7. The molecule has 2 heterocycles. The third-order valence-electron chi connectivity index (χ3n) is 9.52. The highest BCUT2D eigenvalue weighted by atomic mass is 32.1. The zero-order valence-electron chi connectivity index (χ0n) is 27.1. The lowest BCUT2D eigenvalue weighted by Gasteiger charge is -2.28. The van der Waals surface area contributed by atoms with Gasteiger partial charge in [-0.2, -0.15) is 0 Å². The molecular weight excluding hydrogens is 531 g/mol. The second-order valence-electron chi connectivity index (χ2n) is 12.5. The molecule has 228 valence electrons. The number of carbonyl (C=O) groups excluding carboxylic acids is 1. The Balaban J connectivity index is 0.00000165. The van der Waals surface area contributed by atoms with Crippen LogP contribution in [0, 0.1) is 12.8 Å². The van der Waals surface area contributed by atoms with Crippen LogP contribution in [-0.4, -0.2) is 30.8 Å². The Morgan fingerprint density at radius 2 is 1.71 bits per heavy atom. The summed E-state index contributed by atoms with van der Waals surface area (Å²) in [7, 11) is 2.21. The standard InChI is InChI=1S/C37H47NOS.C2H6.H2/c1-6-33-26(3)32(15-12-25(2)22-28-13-16-30(17-14-28)29-10-8-7-9-11-29)23-35(37(33)39)34-24-36(40-27(34)4)31-18-20-38(5)21-19-31;1-2;/h12-17,23-24,29,31,33H,3,6-11,18-22H2,1-2,4-5H3;1-2H3;1H/b25-12+,32-15-;;. The molecule has 5 rings (SSSR count). The molecule has 2 nitrogen and oxygen atoms in total. The number of benzene rings is 1. The number of hydrogen-bond acceptors (Lipinski definition) is 3. The number of aryl methyl sites for hydroxylation is 1. The number of Topliss-reactive ketones (excluding diaryl/α,β-unsaturated/α-hetero) is 1. The van der Waals surface area contributed by atoms with Crippen LogP contribution < -0.4 is 0 Å². The summed E-state index contributed by atoms with van der Waals surface area (Å²) >= 11 is 1.89. The number of hydrogen-bond donors (Lipinski definition) is 0. The Morgan fingerprint density at radius 3 is 2.36 bits per heavy atom. The van der Waals surface area contributed by atoms with E-state index in [1.807, 2.05) is 25.2 Å². The maximum atomic E-state index is 13.6. The lowest BCUT2D eigenvalue weighted by atomic mass is 9.77. The van der Waals surface area contributed by atoms with Gasteiger partial charge in [0, 0.05) is 22.7 Å². The monoisotopic (exact) mass is 585 g/mol. The zero-order chi connectivity index (χ0) is 30.2. The van der Waals surface area contributed by atoms with Crippen LogP contribution in [0.15, 0.2) is 71.9 Å². The van der Waals surface area contributed by atoms with E-state index in [1.54, 1.807) is 0 Å². The minimum atomic E-state index is -0.140. The molecule has 0 radical (unpaired) electrons. The predicted octanol–water partition coefficient (Wildman–Crippen LogP) is 10.8. The maximum absolute atomic E-state index is 13.6. The summed E-state index contributed by atoms with van der Waals surface area (Å²) in [5.41, 5.74) is 8.27. The molecule has 1 saturated carbocycles. The molecule has 1 atom stereocenters. The van der Waals surface area contributed by atoms with Crippen molar-refractivity contribution in [2.45, 2.75) is 104 Å². The van der Waals surface area contributed by atoms with E-state index in [2.05, 4.69) is 87.9 Å². The molecule has 0 bridgehead atoms. The summed E-state index contributed by atoms with van der Waals surface area (Å²) in [5.74, 6) is 1.46. The Morgan fingerprint density at radius 1 is 1.05 bits per heavy atom. The van der Waals surface area contributed by atoms with Gasteiger partial charge in [-0.15, -0.1) is 11.3 Å². The molecule has 1 aromatic heterocycles. The lowest BCUT2D eigenvalue weighted by molar-refractivity contribution is -0.116. The van der Waals surface area contributed by atoms with E-state index >= 15 is 0 Å². The third-order valence-corrected chi connectivity index (χ3v) is 10.7. The number of likely N-dealkylation sites (tertiary alicyclic amines) is 1. The summed E-state index contributed by atoms with van der Waals surface area (Å²) in [6.07, 6.45) is 17.5. The van der Waals surface area contributed by atoms with Crippen molar-refractivity contribution in [3.8, 4) is 0 Å². The first-order valence-corrected chi connectivity index (χ1v) is 17.4. The normalized spacial score (nSPS) is 22.2. The van der Waals surface area contributed by atoms with Crippen LogP contribution >= 0.6 is 11.3 Å². The molecule has 2 aromatic rings. The van der Waals surface area contributed by atoms with Gasteiger partial charge in [-0.05, 0) is 124 Å². The van der Waals surface area contributed by atoms with Gasteiger partial charge in [-0.25, -0.2) is 0 Å².